The third-order valence-electron chi connectivity index (χ3n) is 2.48. The number of benzene rings is 1. The van der Waals surface area contributed by atoms with Crippen molar-refractivity contribution in [3.63, 3.8) is 0 Å². The summed E-state index contributed by atoms with van der Waals surface area (Å²) in [6.45, 7) is 1.68. The summed E-state index contributed by atoms with van der Waals surface area (Å²) in [5, 5.41) is 9.77. The smallest absolute Gasteiger partial charge is 0.416 e. The number of halogens is 3. The Balaban J connectivity index is 2.83. The van der Waals surface area contributed by atoms with E-state index in [2.05, 4.69) is 4.74 Å². The minimum Gasteiger partial charge on any atom is -0.465 e. The van der Waals surface area contributed by atoms with Gasteiger partial charge in [0.1, 0.15) is 12.1 Å². The highest BCUT2D eigenvalue weighted by Crippen LogP contribution is 2.30. The topological polar surface area (TPSA) is 72.5 Å². The number of carbonyl (C=O) groups excluding carboxylic acids is 1. The predicted octanol–water partition coefficient (Wildman–Crippen LogP) is 1.63. The van der Waals surface area contributed by atoms with Crippen LogP contribution in [0.3, 0.4) is 0 Å². The van der Waals surface area contributed by atoms with Gasteiger partial charge in [0.05, 0.1) is 12.2 Å². The summed E-state index contributed by atoms with van der Waals surface area (Å²) in [5.41, 5.74) is 4.74. The van der Waals surface area contributed by atoms with E-state index < -0.39 is 29.9 Å². The molecule has 106 valence electrons. The molecule has 0 aliphatic heterocycles. The molecule has 1 aromatic carbocycles. The number of aliphatic hydroxyl groups is 1. The summed E-state index contributed by atoms with van der Waals surface area (Å²) >= 11 is 0. The number of esters is 1. The van der Waals surface area contributed by atoms with Crippen LogP contribution in [0.1, 0.15) is 24.2 Å². The lowest BCUT2D eigenvalue weighted by molar-refractivity contribution is -0.147. The van der Waals surface area contributed by atoms with Crippen molar-refractivity contribution in [1.29, 1.82) is 0 Å². The molecule has 19 heavy (non-hydrogen) atoms. The fourth-order valence-electron chi connectivity index (χ4n) is 1.44. The van der Waals surface area contributed by atoms with Crippen molar-refractivity contribution in [2.24, 2.45) is 5.73 Å². The number of ether oxygens (including phenoxy) is 1. The van der Waals surface area contributed by atoms with Crippen LogP contribution in [0.4, 0.5) is 13.2 Å². The molecule has 1 aromatic rings. The Bertz CT molecular complexity index is 431. The molecular formula is C12H14F3NO3. The maximum Gasteiger partial charge on any atom is 0.416 e. The van der Waals surface area contributed by atoms with Crippen LogP contribution in [0.2, 0.25) is 0 Å². The first-order valence-electron chi connectivity index (χ1n) is 5.54. The Hall–Kier alpha value is -1.60. The third kappa shape index (κ3) is 3.93. The quantitative estimate of drug-likeness (QED) is 0.820. The monoisotopic (exact) mass is 277 g/mol. The van der Waals surface area contributed by atoms with Gasteiger partial charge in [-0.3, -0.25) is 4.79 Å². The van der Waals surface area contributed by atoms with Gasteiger partial charge in [-0.25, -0.2) is 0 Å². The van der Waals surface area contributed by atoms with Crippen molar-refractivity contribution in [3.05, 3.63) is 35.4 Å². The van der Waals surface area contributed by atoms with Crippen molar-refractivity contribution in [1.82, 2.24) is 0 Å². The first kappa shape index (κ1) is 15.5. The summed E-state index contributed by atoms with van der Waals surface area (Å²) < 4.78 is 41.7. The first-order valence-corrected chi connectivity index (χ1v) is 5.54. The molecule has 0 amide bonds. The molecule has 0 bridgehead atoms. The van der Waals surface area contributed by atoms with Gasteiger partial charge in [0.15, 0.2) is 0 Å². The van der Waals surface area contributed by atoms with Crippen LogP contribution in [0.15, 0.2) is 24.3 Å². The van der Waals surface area contributed by atoms with E-state index in [0.717, 1.165) is 24.3 Å². The van der Waals surface area contributed by atoms with Crippen molar-refractivity contribution >= 4 is 5.97 Å². The van der Waals surface area contributed by atoms with Crippen LogP contribution in [-0.4, -0.2) is 23.7 Å². The Morgan fingerprint density at radius 3 is 2.32 bits per heavy atom. The molecule has 0 saturated carbocycles. The number of aliphatic hydroxyl groups excluding tert-OH is 1. The number of hydrogen-bond donors (Lipinski definition) is 2. The fraction of sp³-hybridized carbons (Fsp3) is 0.417. The van der Waals surface area contributed by atoms with Crippen LogP contribution in [0.25, 0.3) is 0 Å². The highest BCUT2D eigenvalue weighted by atomic mass is 19.4. The molecule has 0 heterocycles. The Morgan fingerprint density at radius 1 is 1.37 bits per heavy atom. The molecule has 2 atom stereocenters. The fourth-order valence-corrected chi connectivity index (χ4v) is 1.44. The van der Waals surface area contributed by atoms with Crippen molar-refractivity contribution < 1.29 is 27.8 Å². The zero-order valence-electron chi connectivity index (χ0n) is 10.1. The second-order valence-electron chi connectivity index (χ2n) is 3.84. The molecule has 1 rings (SSSR count). The lowest BCUT2D eigenvalue weighted by Gasteiger charge is -2.18. The molecule has 0 fully saturated rings. The van der Waals surface area contributed by atoms with E-state index in [4.69, 9.17) is 5.73 Å². The number of alkyl halides is 3. The zero-order chi connectivity index (χ0) is 14.6. The van der Waals surface area contributed by atoms with E-state index in [0.29, 0.717) is 0 Å². The Labute approximate surface area is 108 Å². The molecule has 0 radical (unpaired) electrons. The molecule has 0 saturated heterocycles. The van der Waals surface area contributed by atoms with Gasteiger partial charge in [0.2, 0.25) is 0 Å². The zero-order valence-corrected chi connectivity index (χ0v) is 10.1. The van der Waals surface area contributed by atoms with Gasteiger partial charge >= 0.3 is 12.1 Å². The van der Waals surface area contributed by atoms with Crippen LogP contribution in [-0.2, 0) is 15.7 Å². The third-order valence-corrected chi connectivity index (χ3v) is 2.48. The average molecular weight is 277 g/mol. The summed E-state index contributed by atoms with van der Waals surface area (Å²) in [6.07, 6.45) is -5.87. The maximum absolute atomic E-state index is 12.3. The van der Waals surface area contributed by atoms with Gasteiger partial charge in [-0.15, -0.1) is 0 Å². The lowest BCUT2D eigenvalue weighted by Crippen LogP contribution is -2.38. The predicted molar refractivity (Wildman–Crippen MR) is 61.0 cm³/mol. The Morgan fingerprint density at radius 2 is 1.89 bits per heavy atom. The van der Waals surface area contributed by atoms with Crippen LogP contribution < -0.4 is 5.73 Å². The molecule has 4 nitrogen and oxygen atoms in total. The van der Waals surface area contributed by atoms with Gasteiger partial charge < -0.3 is 15.6 Å². The minimum absolute atomic E-state index is 0.103. The molecule has 0 aromatic heterocycles. The molecular weight excluding hydrogens is 263 g/mol. The molecule has 0 spiro atoms. The van der Waals surface area contributed by atoms with Crippen molar-refractivity contribution in [3.8, 4) is 0 Å². The SMILES string of the molecule is CCOC(=O)[C@@H](N)[C@H](O)c1ccc(C(F)(F)F)cc1. The van der Waals surface area contributed by atoms with Crippen LogP contribution in [0.5, 0.6) is 0 Å². The van der Waals surface area contributed by atoms with Crippen LogP contribution in [0, 0.1) is 0 Å². The van der Waals surface area contributed by atoms with Gasteiger partial charge in [-0.1, -0.05) is 12.1 Å². The summed E-state index contributed by atoms with van der Waals surface area (Å²) in [5.74, 6) is -0.810. The Kier molecular flexibility index (Phi) is 4.90. The minimum atomic E-state index is -4.45. The standard InChI is InChI=1S/C12H14F3NO3/c1-2-19-11(18)9(16)10(17)7-3-5-8(6-4-7)12(13,14)15/h3-6,9-10,17H,2,16H2,1H3/t9-,10+/m0/s1. The molecule has 0 unspecified atom stereocenters. The summed E-state index contributed by atoms with van der Waals surface area (Å²) in [4.78, 5) is 11.3. The highest BCUT2D eigenvalue weighted by molar-refractivity contribution is 5.76. The van der Waals surface area contributed by atoms with E-state index in [1.807, 2.05) is 0 Å². The van der Waals surface area contributed by atoms with E-state index in [-0.39, 0.29) is 12.2 Å². The molecule has 3 N–H and O–H groups in total. The highest BCUT2D eigenvalue weighted by Gasteiger charge is 2.31. The van der Waals surface area contributed by atoms with Crippen molar-refractivity contribution in [2.75, 3.05) is 6.61 Å². The maximum atomic E-state index is 12.3. The van der Waals surface area contributed by atoms with Gasteiger partial charge in [-0.05, 0) is 24.6 Å². The molecule has 7 heteroatoms. The van der Waals surface area contributed by atoms with E-state index in [1.165, 1.54) is 0 Å². The van der Waals surface area contributed by atoms with E-state index in [1.54, 1.807) is 6.92 Å². The van der Waals surface area contributed by atoms with E-state index >= 15 is 0 Å². The number of carbonyl (C=O) groups is 1. The summed E-state index contributed by atoms with van der Waals surface area (Å²) in [6, 6.07) is 2.45. The second-order valence-corrected chi connectivity index (χ2v) is 3.84. The number of hydrogen-bond acceptors (Lipinski definition) is 4. The summed E-state index contributed by atoms with van der Waals surface area (Å²) in [7, 11) is 0. The number of nitrogens with two attached hydrogens (primary N) is 1. The van der Waals surface area contributed by atoms with Crippen molar-refractivity contribution in [2.45, 2.75) is 25.2 Å². The van der Waals surface area contributed by atoms with Gasteiger partial charge in [0.25, 0.3) is 0 Å². The lowest BCUT2D eigenvalue weighted by atomic mass is 10.0. The average Bonchev–Trinajstić information content (AvgIpc) is 2.36. The largest absolute Gasteiger partial charge is 0.465 e. The van der Waals surface area contributed by atoms with E-state index in [9.17, 15) is 23.1 Å². The van der Waals surface area contributed by atoms with Gasteiger partial charge in [0, 0.05) is 0 Å². The molecule has 0 aliphatic carbocycles. The first-order chi connectivity index (χ1) is 8.77. The second kappa shape index (κ2) is 6.03. The van der Waals surface area contributed by atoms with Gasteiger partial charge in [-0.2, -0.15) is 13.2 Å². The molecule has 0 aliphatic rings. The van der Waals surface area contributed by atoms with Crippen LogP contribution >= 0.6 is 0 Å². The number of rotatable bonds is 4. The normalized spacial score (nSPS) is 14.8.